The van der Waals surface area contributed by atoms with Gasteiger partial charge in [0.1, 0.15) is 18.1 Å². The Morgan fingerprint density at radius 3 is 2.53 bits per heavy atom. The zero-order valence-corrected chi connectivity index (χ0v) is 18.3. The lowest BCUT2D eigenvalue weighted by atomic mass is 9.95. The van der Waals surface area contributed by atoms with Gasteiger partial charge in [-0.2, -0.15) is 0 Å². The fraction of sp³-hybridized carbons (Fsp3) is 0.360. The van der Waals surface area contributed by atoms with Crippen LogP contribution in [0.25, 0.3) is 0 Å². The lowest BCUT2D eigenvalue weighted by molar-refractivity contribution is -0.129. The van der Waals surface area contributed by atoms with Crippen LogP contribution in [0.15, 0.2) is 64.8 Å². The van der Waals surface area contributed by atoms with E-state index in [1.807, 2.05) is 12.1 Å². The molecule has 1 fully saturated rings. The van der Waals surface area contributed by atoms with E-state index in [2.05, 4.69) is 11.5 Å². The number of rotatable bonds is 9. The lowest BCUT2D eigenvalue weighted by Gasteiger charge is -2.28. The second-order valence-corrected chi connectivity index (χ2v) is 8.12. The van der Waals surface area contributed by atoms with E-state index in [0.717, 1.165) is 31.5 Å². The highest BCUT2D eigenvalue weighted by Crippen LogP contribution is 2.39. The molecule has 1 unspecified atom stereocenters. The molecule has 0 spiro atoms. The van der Waals surface area contributed by atoms with E-state index in [4.69, 9.17) is 9.15 Å². The molecule has 1 aromatic heterocycles. The number of Topliss-reactive ketones (excluding diaryl/α,β-unsaturated/α-hetero) is 1. The topological polar surface area (TPSA) is 83.2 Å². The fourth-order valence-corrected chi connectivity index (χ4v) is 4.31. The first-order chi connectivity index (χ1) is 15.5. The van der Waals surface area contributed by atoms with Crippen molar-refractivity contribution in [1.29, 1.82) is 0 Å². The van der Waals surface area contributed by atoms with Crippen molar-refractivity contribution in [2.45, 2.75) is 25.8 Å². The fourth-order valence-electron chi connectivity index (χ4n) is 4.31. The van der Waals surface area contributed by atoms with Gasteiger partial charge in [0.25, 0.3) is 5.91 Å². The zero-order valence-electron chi connectivity index (χ0n) is 18.3. The molecule has 7 heteroatoms. The molecule has 7 nitrogen and oxygen atoms in total. The summed E-state index contributed by atoms with van der Waals surface area (Å²) in [6.45, 7) is 8.87. The molecule has 2 aromatic rings. The second-order valence-electron chi connectivity index (χ2n) is 8.12. The third kappa shape index (κ3) is 4.34. The van der Waals surface area contributed by atoms with E-state index < -0.39 is 23.5 Å². The molecule has 3 heterocycles. The average Bonchev–Trinajstić information content (AvgIpc) is 3.52. The van der Waals surface area contributed by atoms with Gasteiger partial charge in [0.15, 0.2) is 11.5 Å². The number of likely N-dealkylation sites (tertiary alicyclic amines) is 1. The van der Waals surface area contributed by atoms with Crippen molar-refractivity contribution in [2.24, 2.45) is 0 Å². The monoisotopic (exact) mass is 436 g/mol. The Balaban J connectivity index is 1.66. The third-order valence-electron chi connectivity index (χ3n) is 5.93. The zero-order chi connectivity index (χ0) is 22.7. The van der Waals surface area contributed by atoms with E-state index in [0.29, 0.717) is 31.2 Å². The molecule has 0 aliphatic carbocycles. The molecule has 0 bridgehead atoms. The summed E-state index contributed by atoms with van der Waals surface area (Å²) in [7, 11) is 0. The smallest absolute Gasteiger partial charge is 0.290 e. The van der Waals surface area contributed by atoms with Crippen LogP contribution in [-0.4, -0.2) is 59.4 Å². The van der Waals surface area contributed by atoms with Gasteiger partial charge in [-0.25, -0.2) is 0 Å². The number of aryl methyl sites for hydroxylation is 1. The molecule has 0 saturated carbocycles. The molecule has 1 amide bonds. The molecule has 1 atom stereocenters. The predicted octanol–water partition coefficient (Wildman–Crippen LogP) is 3.83. The first-order valence-electron chi connectivity index (χ1n) is 10.9. The highest BCUT2D eigenvalue weighted by molar-refractivity contribution is 6.15. The number of amides is 1. The molecule has 2 aliphatic heterocycles. The number of aliphatic hydroxyl groups is 1. The summed E-state index contributed by atoms with van der Waals surface area (Å²) in [5, 5.41) is 10.7. The van der Waals surface area contributed by atoms with Gasteiger partial charge in [-0.1, -0.05) is 24.8 Å². The summed E-state index contributed by atoms with van der Waals surface area (Å²) < 4.78 is 11.1. The van der Waals surface area contributed by atoms with Crippen molar-refractivity contribution < 1.29 is 23.8 Å². The molecule has 4 rings (SSSR count). The van der Waals surface area contributed by atoms with E-state index >= 15 is 0 Å². The molecule has 1 aromatic carbocycles. The number of carbonyl (C=O) groups excluding carboxylic acids is 2. The lowest BCUT2D eigenvalue weighted by Crippen LogP contribution is -2.37. The third-order valence-corrected chi connectivity index (χ3v) is 5.93. The number of ether oxygens (including phenoxy) is 1. The Bertz CT molecular complexity index is 1030. The number of hydrogen-bond acceptors (Lipinski definition) is 6. The summed E-state index contributed by atoms with van der Waals surface area (Å²) in [4.78, 5) is 30.2. The minimum absolute atomic E-state index is 0.0468. The van der Waals surface area contributed by atoms with Crippen molar-refractivity contribution in [2.75, 3.05) is 32.8 Å². The summed E-state index contributed by atoms with van der Waals surface area (Å²) in [6.07, 6.45) is 3.95. The Morgan fingerprint density at radius 1 is 1.19 bits per heavy atom. The Kier molecular flexibility index (Phi) is 6.46. The SMILES string of the molecule is C=CCOc1ccc(C2C(C(=O)c3ccc(C)o3)=C(O)C(=O)N2CCN2CCCC2)cc1. The van der Waals surface area contributed by atoms with Gasteiger partial charge in [-0.15, -0.1) is 0 Å². The molecule has 32 heavy (non-hydrogen) atoms. The van der Waals surface area contributed by atoms with Gasteiger partial charge < -0.3 is 24.1 Å². The second kappa shape index (κ2) is 9.44. The van der Waals surface area contributed by atoms with Crippen LogP contribution < -0.4 is 4.74 Å². The van der Waals surface area contributed by atoms with Crippen LogP contribution in [0.1, 0.15) is 40.8 Å². The van der Waals surface area contributed by atoms with Crippen LogP contribution in [0.5, 0.6) is 5.75 Å². The standard InChI is InChI=1S/C25H28N2O5/c1-3-16-31-19-9-7-18(8-10-19)22-21(23(28)20-11-6-17(2)32-20)24(29)25(30)27(22)15-14-26-12-4-5-13-26/h3,6-11,22,29H,1,4-5,12-16H2,2H3. The van der Waals surface area contributed by atoms with Gasteiger partial charge in [0.05, 0.1) is 11.6 Å². The van der Waals surface area contributed by atoms with Crippen LogP contribution in [0.4, 0.5) is 0 Å². The summed E-state index contributed by atoms with van der Waals surface area (Å²) in [5.74, 6) is -0.178. The number of furan rings is 1. The minimum atomic E-state index is -0.698. The highest BCUT2D eigenvalue weighted by Gasteiger charge is 2.44. The molecule has 0 radical (unpaired) electrons. The quantitative estimate of drug-likeness (QED) is 0.475. The van der Waals surface area contributed by atoms with Crippen LogP contribution in [0.3, 0.4) is 0 Å². The van der Waals surface area contributed by atoms with Gasteiger partial charge in [-0.05, 0) is 62.7 Å². The van der Waals surface area contributed by atoms with Gasteiger partial charge in [0, 0.05) is 13.1 Å². The minimum Gasteiger partial charge on any atom is -0.503 e. The van der Waals surface area contributed by atoms with Crippen LogP contribution in [0, 0.1) is 6.92 Å². The first kappa shape index (κ1) is 21.9. The van der Waals surface area contributed by atoms with Gasteiger partial charge in [0.2, 0.25) is 5.78 Å². The Hall–Kier alpha value is -3.32. The molecular formula is C25H28N2O5. The van der Waals surface area contributed by atoms with Crippen molar-refractivity contribution in [3.05, 3.63) is 77.5 Å². The van der Waals surface area contributed by atoms with E-state index in [1.54, 1.807) is 42.2 Å². The van der Waals surface area contributed by atoms with Crippen LogP contribution >= 0.6 is 0 Å². The number of hydrogen-bond donors (Lipinski definition) is 1. The van der Waals surface area contributed by atoms with Gasteiger partial charge in [-0.3, -0.25) is 9.59 Å². The summed E-state index contributed by atoms with van der Waals surface area (Å²) in [6, 6.07) is 9.77. The number of ketones is 1. The Labute approximate surface area is 187 Å². The molecule has 168 valence electrons. The maximum absolute atomic E-state index is 13.3. The average molecular weight is 437 g/mol. The molecule has 1 N–H and O–H groups in total. The van der Waals surface area contributed by atoms with E-state index in [9.17, 15) is 14.7 Å². The molecular weight excluding hydrogens is 408 g/mol. The van der Waals surface area contributed by atoms with Crippen LogP contribution in [-0.2, 0) is 4.79 Å². The van der Waals surface area contributed by atoms with Gasteiger partial charge >= 0.3 is 0 Å². The first-order valence-corrected chi connectivity index (χ1v) is 10.9. The van der Waals surface area contributed by atoms with E-state index in [-0.39, 0.29) is 11.3 Å². The highest BCUT2D eigenvalue weighted by atomic mass is 16.5. The van der Waals surface area contributed by atoms with Crippen molar-refractivity contribution in [3.8, 4) is 5.75 Å². The Morgan fingerprint density at radius 2 is 1.91 bits per heavy atom. The van der Waals surface area contributed by atoms with Crippen LogP contribution in [0.2, 0.25) is 0 Å². The van der Waals surface area contributed by atoms with Crippen molar-refractivity contribution in [1.82, 2.24) is 9.80 Å². The number of nitrogens with zero attached hydrogens (tertiary/aromatic N) is 2. The molecule has 1 saturated heterocycles. The van der Waals surface area contributed by atoms with Crippen molar-refractivity contribution >= 4 is 11.7 Å². The predicted molar refractivity (Wildman–Crippen MR) is 120 cm³/mol. The number of carbonyl (C=O) groups is 2. The maximum Gasteiger partial charge on any atom is 0.290 e. The summed E-state index contributed by atoms with van der Waals surface area (Å²) >= 11 is 0. The molecule has 2 aliphatic rings. The van der Waals surface area contributed by atoms with Crippen molar-refractivity contribution in [3.63, 3.8) is 0 Å². The normalized spacial score (nSPS) is 19.1. The number of aliphatic hydroxyl groups excluding tert-OH is 1. The largest absolute Gasteiger partial charge is 0.503 e. The van der Waals surface area contributed by atoms with E-state index in [1.165, 1.54) is 0 Å². The summed E-state index contributed by atoms with van der Waals surface area (Å²) in [5.41, 5.74) is 0.770. The maximum atomic E-state index is 13.3. The number of benzene rings is 1.